The molecule has 1 N–H and O–H groups in total. The van der Waals surface area contributed by atoms with Gasteiger partial charge in [0, 0.05) is 16.8 Å². The van der Waals surface area contributed by atoms with E-state index in [-0.39, 0.29) is 6.61 Å². The third-order valence-corrected chi connectivity index (χ3v) is 3.19. The number of halogens is 1. The standard InChI is InChI=1S/C18H16ClNO4/c1-23-16-7-2-4-13(10-16)8-9-18(22)24-12-17(21)20-15-6-3-5-14(19)11-15/h2-11H,12H2,1H3,(H,20,21)/b9-8+. The zero-order valence-electron chi connectivity index (χ0n) is 13.0. The summed E-state index contributed by atoms with van der Waals surface area (Å²) < 4.78 is 9.98. The van der Waals surface area contributed by atoms with E-state index in [4.69, 9.17) is 21.1 Å². The zero-order chi connectivity index (χ0) is 17.4. The number of ether oxygens (including phenoxy) is 2. The average molecular weight is 346 g/mol. The number of rotatable bonds is 6. The van der Waals surface area contributed by atoms with E-state index in [2.05, 4.69) is 5.32 Å². The lowest BCUT2D eigenvalue weighted by atomic mass is 10.2. The smallest absolute Gasteiger partial charge is 0.331 e. The molecule has 0 saturated heterocycles. The van der Waals surface area contributed by atoms with E-state index in [1.165, 1.54) is 6.08 Å². The van der Waals surface area contributed by atoms with E-state index in [1.807, 2.05) is 12.1 Å². The Hall–Kier alpha value is -2.79. The summed E-state index contributed by atoms with van der Waals surface area (Å²) in [5, 5.41) is 3.09. The van der Waals surface area contributed by atoms with Crippen LogP contribution in [0.1, 0.15) is 5.56 Å². The molecule has 0 saturated carbocycles. The lowest BCUT2D eigenvalue weighted by Crippen LogP contribution is -2.20. The van der Waals surface area contributed by atoms with Gasteiger partial charge in [0.1, 0.15) is 5.75 Å². The van der Waals surface area contributed by atoms with Crippen molar-refractivity contribution in [1.82, 2.24) is 0 Å². The molecular formula is C18H16ClNO4. The molecule has 0 aliphatic rings. The van der Waals surface area contributed by atoms with Crippen molar-refractivity contribution in [3.63, 3.8) is 0 Å². The summed E-state index contributed by atoms with van der Waals surface area (Å²) in [6.45, 7) is -0.381. The first kappa shape index (κ1) is 17.6. The van der Waals surface area contributed by atoms with Gasteiger partial charge in [-0.15, -0.1) is 0 Å². The quantitative estimate of drug-likeness (QED) is 0.642. The molecule has 24 heavy (non-hydrogen) atoms. The molecule has 0 radical (unpaired) electrons. The van der Waals surface area contributed by atoms with Gasteiger partial charge >= 0.3 is 5.97 Å². The second-order valence-electron chi connectivity index (χ2n) is 4.78. The molecule has 2 rings (SSSR count). The summed E-state index contributed by atoms with van der Waals surface area (Å²) in [6, 6.07) is 13.9. The van der Waals surface area contributed by atoms with Gasteiger partial charge < -0.3 is 14.8 Å². The van der Waals surface area contributed by atoms with Gasteiger partial charge in [0.05, 0.1) is 7.11 Å². The second-order valence-corrected chi connectivity index (χ2v) is 5.21. The average Bonchev–Trinajstić information content (AvgIpc) is 2.58. The van der Waals surface area contributed by atoms with Crippen LogP contribution in [0, 0.1) is 0 Å². The first-order valence-corrected chi connectivity index (χ1v) is 7.49. The molecule has 124 valence electrons. The predicted molar refractivity (Wildman–Crippen MR) is 93.1 cm³/mol. The molecule has 0 aliphatic heterocycles. The highest BCUT2D eigenvalue weighted by atomic mass is 35.5. The highest BCUT2D eigenvalue weighted by Gasteiger charge is 2.06. The number of hydrogen-bond acceptors (Lipinski definition) is 4. The van der Waals surface area contributed by atoms with E-state index >= 15 is 0 Å². The number of benzene rings is 2. The SMILES string of the molecule is COc1cccc(/C=C/C(=O)OCC(=O)Nc2cccc(Cl)c2)c1. The van der Waals surface area contributed by atoms with Crippen LogP contribution in [0.2, 0.25) is 5.02 Å². The van der Waals surface area contributed by atoms with Crippen LogP contribution in [-0.4, -0.2) is 25.6 Å². The highest BCUT2D eigenvalue weighted by Crippen LogP contribution is 2.15. The summed E-state index contributed by atoms with van der Waals surface area (Å²) in [5.74, 6) is -0.370. The number of carbonyl (C=O) groups is 2. The first-order valence-electron chi connectivity index (χ1n) is 7.11. The van der Waals surface area contributed by atoms with E-state index in [1.54, 1.807) is 49.6 Å². The molecule has 0 spiro atoms. The minimum absolute atomic E-state index is 0.381. The molecule has 0 heterocycles. The van der Waals surface area contributed by atoms with E-state index < -0.39 is 11.9 Å². The normalized spacial score (nSPS) is 10.4. The molecular weight excluding hydrogens is 330 g/mol. The van der Waals surface area contributed by atoms with Crippen molar-refractivity contribution in [3.8, 4) is 5.75 Å². The van der Waals surface area contributed by atoms with Crippen molar-refractivity contribution in [3.05, 3.63) is 65.2 Å². The Balaban J connectivity index is 1.81. The van der Waals surface area contributed by atoms with Crippen molar-refractivity contribution in [2.24, 2.45) is 0 Å². The molecule has 0 atom stereocenters. The van der Waals surface area contributed by atoms with Crippen molar-refractivity contribution < 1.29 is 19.1 Å². The van der Waals surface area contributed by atoms with Crippen LogP contribution in [0.4, 0.5) is 5.69 Å². The first-order chi connectivity index (χ1) is 11.6. The summed E-state index contributed by atoms with van der Waals surface area (Å²) in [6.07, 6.45) is 2.83. The number of amides is 1. The molecule has 0 unspecified atom stereocenters. The van der Waals surface area contributed by atoms with Crippen LogP contribution in [0.25, 0.3) is 6.08 Å². The molecule has 2 aromatic carbocycles. The maximum Gasteiger partial charge on any atom is 0.331 e. The predicted octanol–water partition coefficient (Wildman–Crippen LogP) is 3.54. The number of esters is 1. The molecule has 0 fully saturated rings. The van der Waals surface area contributed by atoms with Gasteiger partial charge in [-0.25, -0.2) is 4.79 Å². The van der Waals surface area contributed by atoms with Crippen molar-refractivity contribution >= 4 is 35.2 Å². The van der Waals surface area contributed by atoms with Crippen molar-refractivity contribution in [1.29, 1.82) is 0 Å². The molecule has 6 heteroatoms. The van der Waals surface area contributed by atoms with Crippen LogP contribution in [0.15, 0.2) is 54.6 Å². The number of carbonyl (C=O) groups excluding carboxylic acids is 2. The minimum atomic E-state index is -0.612. The lowest BCUT2D eigenvalue weighted by molar-refractivity contribution is -0.142. The number of hydrogen-bond donors (Lipinski definition) is 1. The Morgan fingerprint density at radius 1 is 1.17 bits per heavy atom. The lowest BCUT2D eigenvalue weighted by Gasteiger charge is -2.05. The Labute approximate surface area is 144 Å². The Morgan fingerprint density at radius 3 is 2.71 bits per heavy atom. The van der Waals surface area contributed by atoms with Gasteiger partial charge in [0.2, 0.25) is 0 Å². The Kier molecular flexibility index (Phi) is 6.40. The topological polar surface area (TPSA) is 64.6 Å². The molecule has 0 bridgehead atoms. The number of methoxy groups -OCH3 is 1. The molecule has 0 aliphatic carbocycles. The molecule has 1 amide bonds. The molecule has 2 aromatic rings. The Morgan fingerprint density at radius 2 is 1.96 bits per heavy atom. The van der Waals surface area contributed by atoms with Crippen LogP contribution in [-0.2, 0) is 14.3 Å². The largest absolute Gasteiger partial charge is 0.497 e. The fourth-order valence-corrected chi connectivity index (χ4v) is 2.05. The second kappa shape index (κ2) is 8.74. The van der Waals surface area contributed by atoms with Crippen molar-refractivity contribution in [2.75, 3.05) is 19.0 Å². The monoisotopic (exact) mass is 345 g/mol. The summed E-state index contributed by atoms with van der Waals surface area (Å²) >= 11 is 5.82. The van der Waals surface area contributed by atoms with E-state index in [0.29, 0.717) is 16.5 Å². The third kappa shape index (κ3) is 5.78. The summed E-state index contributed by atoms with van der Waals surface area (Å²) in [5.41, 5.74) is 1.32. The number of anilines is 1. The highest BCUT2D eigenvalue weighted by molar-refractivity contribution is 6.30. The molecule has 0 aromatic heterocycles. The van der Waals surface area contributed by atoms with Gasteiger partial charge in [-0.1, -0.05) is 29.8 Å². The molecule has 5 nitrogen and oxygen atoms in total. The number of nitrogens with one attached hydrogen (secondary N) is 1. The van der Waals surface area contributed by atoms with Gasteiger partial charge in [-0.05, 0) is 42.0 Å². The maximum absolute atomic E-state index is 11.7. The van der Waals surface area contributed by atoms with Crippen LogP contribution >= 0.6 is 11.6 Å². The van der Waals surface area contributed by atoms with Crippen molar-refractivity contribution in [2.45, 2.75) is 0 Å². The third-order valence-electron chi connectivity index (χ3n) is 2.96. The van der Waals surface area contributed by atoms with Crippen LogP contribution in [0.5, 0.6) is 5.75 Å². The summed E-state index contributed by atoms with van der Waals surface area (Å²) in [4.78, 5) is 23.4. The van der Waals surface area contributed by atoms with Gasteiger partial charge in [0.25, 0.3) is 5.91 Å². The van der Waals surface area contributed by atoms with Gasteiger partial charge in [-0.2, -0.15) is 0 Å². The zero-order valence-corrected chi connectivity index (χ0v) is 13.7. The van der Waals surface area contributed by atoms with E-state index in [9.17, 15) is 9.59 Å². The fraction of sp³-hybridized carbons (Fsp3) is 0.111. The van der Waals surface area contributed by atoms with Gasteiger partial charge in [0.15, 0.2) is 6.61 Å². The minimum Gasteiger partial charge on any atom is -0.497 e. The summed E-state index contributed by atoms with van der Waals surface area (Å²) in [7, 11) is 1.57. The van der Waals surface area contributed by atoms with E-state index in [0.717, 1.165) is 5.56 Å². The van der Waals surface area contributed by atoms with Crippen LogP contribution in [0.3, 0.4) is 0 Å². The van der Waals surface area contributed by atoms with Gasteiger partial charge in [-0.3, -0.25) is 4.79 Å². The maximum atomic E-state index is 11.7. The van der Waals surface area contributed by atoms with Crippen LogP contribution < -0.4 is 10.1 Å². The fourth-order valence-electron chi connectivity index (χ4n) is 1.86. The Bertz CT molecular complexity index is 758.